The van der Waals surface area contributed by atoms with Crippen LogP contribution in [0.4, 0.5) is 0 Å². The van der Waals surface area contributed by atoms with E-state index in [0.717, 1.165) is 0 Å². The van der Waals surface area contributed by atoms with Gasteiger partial charge in [-0.15, -0.1) is 0 Å². The van der Waals surface area contributed by atoms with E-state index in [0.29, 0.717) is 43.5 Å². The molecular formula is C15H17NO4. The number of ether oxygens (including phenoxy) is 1. The first kappa shape index (κ1) is 13.3. The number of aliphatic hydroxyl groups excluding tert-OH is 1. The van der Waals surface area contributed by atoms with Gasteiger partial charge in [-0.1, -0.05) is 12.1 Å². The van der Waals surface area contributed by atoms with Crippen molar-refractivity contribution in [2.45, 2.75) is 31.5 Å². The van der Waals surface area contributed by atoms with Gasteiger partial charge >= 0.3 is 0 Å². The van der Waals surface area contributed by atoms with Crippen molar-refractivity contribution in [1.29, 1.82) is 0 Å². The molecule has 106 valence electrons. The van der Waals surface area contributed by atoms with Crippen molar-refractivity contribution in [1.82, 2.24) is 4.90 Å². The number of benzene rings is 1. The molecule has 1 fully saturated rings. The van der Waals surface area contributed by atoms with Crippen LogP contribution >= 0.6 is 0 Å². The fourth-order valence-electron chi connectivity index (χ4n) is 2.78. The second-order valence-electron chi connectivity index (χ2n) is 5.27. The van der Waals surface area contributed by atoms with Gasteiger partial charge in [-0.05, 0) is 31.4 Å². The van der Waals surface area contributed by atoms with E-state index in [-0.39, 0.29) is 24.0 Å². The molecule has 0 saturated carbocycles. The van der Waals surface area contributed by atoms with Crippen LogP contribution < -0.4 is 0 Å². The quantitative estimate of drug-likeness (QED) is 0.842. The fourth-order valence-corrected chi connectivity index (χ4v) is 2.78. The maximum absolute atomic E-state index is 12.2. The van der Waals surface area contributed by atoms with E-state index < -0.39 is 0 Å². The molecule has 20 heavy (non-hydrogen) atoms. The Kier molecular flexibility index (Phi) is 3.54. The number of rotatable bonds is 3. The topological polar surface area (TPSA) is 66.8 Å². The van der Waals surface area contributed by atoms with Crippen LogP contribution in [0.25, 0.3) is 0 Å². The number of amides is 2. The molecule has 5 nitrogen and oxygen atoms in total. The van der Waals surface area contributed by atoms with Crippen molar-refractivity contribution in [3.05, 3.63) is 35.4 Å². The maximum Gasteiger partial charge on any atom is 0.261 e. The van der Waals surface area contributed by atoms with Crippen LogP contribution in [0, 0.1) is 0 Å². The van der Waals surface area contributed by atoms with Gasteiger partial charge in [-0.25, -0.2) is 0 Å². The highest BCUT2D eigenvalue weighted by atomic mass is 16.5. The predicted octanol–water partition coefficient (Wildman–Crippen LogP) is 1.21. The van der Waals surface area contributed by atoms with Crippen LogP contribution in [0.15, 0.2) is 24.3 Å². The van der Waals surface area contributed by atoms with E-state index in [4.69, 9.17) is 4.74 Å². The smallest absolute Gasteiger partial charge is 0.261 e. The maximum atomic E-state index is 12.2. The van der Waals surface area contributed by atoms with Gasteiger partial charge in [0.2, 0.25) is 0 Å². The lowest BCUT2D eigenvalue weighted by Gasteiger charge is -2.27. The van der Waals surface area contributed by atoms with Gasteiger partial charge in [0, 0.05) is 13.2 Å². The molecule has 2 heterocycles. The summed E-state index contributed by atoms with van der Waals surface area (Å²) in [5.41, 5.74) is 0.948. The minimum absolute atomic E-state index is 0.0805. The molecule has 5 heteroatoms. The molecule has 2 amide bonds. The van der Waals surface area contributed by atoms with Crippen molar-refractivity contribution in [3.63, 3.8) is 0 Å². The third-order valence-corrected chi connectivity index (χ3v) is 3.89. The Labute approximate surface area is 117 Å². The van der Waals surface area contributed by atoms with Crippen LogP contribution in [0.3, 0.4) is 0 Å². The van der Waals surface area contributed by atoms with Gasteiger partial charge in [0.1, 0.15) is 0 Å². The van der Waals surface area contributed by atoms with Crippen molar-refractivity contribution < 1.29 is 19.4 Å². The minimum Gasteiger partial charge on any atom is -0.393 e. The first-order valence-electron chi connectivity index (χ1n) is 6.91. The largest absolute Gasteiger partial charge is 0.393 e. The first-order valence-corrected chi connectivity index (χ1v) is 6.91. The van der Waals surface area contributed by atoms with Crippen molar-refractivity contribution in [2.75, 3.05) is 13.2 Å². The zero-order valence-electron chi connectivity index (χ0n) is 11.1. The molecule has 2 aliphatic rings. The molecule has 2 aliphatic heterocycles. The Morgan fingerprint density at radius 1 is 1.20 bits per heavy atom. The Morgan fingerprint density at radius 3 is 2.45 bits per heavy atom. The zero-order chi connectivity index (χ0) is 14.1. The fraction of sp³-hybridized carbons (Fsp3) is 0.467. The van der Waals surface area contributed by atoms with E-state index in [2.05, 4.69) is 0 Å². The molecule has 0 bridgehead atoms. The van der Waals surface area contributed by atoms with Gasteiger partial charge in [0.25, 0.3) is 11.8 Å². The number of hydrogen-bond acceptors (Lipinski definition) is 4. The van der Waals surface area contributed by atoms with Crippen LogP contribution in [0.5, 0.6) is 0 Å². The van der Waals surface area contributed by atoms with Crippen LogP contribution in [0.1, 0.15) is 40.0 Å². The average Bonchev–Trinajstić information content (AvgIpc) is 2.70. The summed E-state index contributed by atoms with van der Waals surface area (Å²) in [4.78, 5) is 25.6. The molecular weight excluding hydrogens is 258 g/mol. The number of carbonyl (C=O) groups excluding carboxylic acids is 2. The number of aliphatic hydroxyl groups is 1. The van der Waals surface area contributed by atoms with E-state index in [1.54, 1.807) is 24.3 Å². The second-order valence-corrected chi connectivity index (χ2v) is 5.27. The van der Waals surface area contributed by atoms with Crippen molar-refractivity contribution >= 4 is 11.8 Å². The van der Waals surface area contributed by atoms with E-state index >= 15 is 0 Å². The summed E-state index contributed by atoms with van der Waals surface area (Å²) in [5, 5.41) is 9.59. The molecule has 0 unspecified atom stereocenters. The highest BCUT2D eigenvalue weighted by molar-refractivity contribution is 6.21. The molecule has 0 aliphatic carbocycles. The predicted molar refractivity (Wildman–Crippen MR) is 71.4 cm³/mol. The van der Waals surface area contributed by atoms with Gasteiger partial charge in [-0.3, -0.25) is 14.5 Å². The number of nitrogens with zero attached hydrogens (tertiary/aromatic N) is 1. The highest BCUT2D eigenvalue weighted by Gasteiger charge is 2.35. The number of fused-ring (bicyclic) bond motifs is 1. The molecule has 3 rings (SSSR count). The zero-order valence-corrected chi connectivity index (χ0v) is 11.1. The molecule has 1 aromatic rings. The summed E-state index contributed by atoms with van der Waals surface area (Å²) in [6.07, 6.45) is 1.38. The first-order chi connectivity index (χ1) is 9.66. The van der Waals surface area contributed by atoms with E-state index in [9.17, 15) is 14.7 Å². The summed E-state index contributed by atoms with van der Waals surface area (Å²) in [7, 11) is 0. The number of imide groups is 1. The van der Waals surface area contributed by atoms with Crippen molar-refractivity contribution in [3.8, 4) is 0 Å². The molecule has 2 atom stereocenters. The molecule has 1 N–H and O–H groups in total. The molecule has 0 aromatic heterocycles. The third-order valence-electron chi connectivity index (χ3n) is 3.89. The highest BCUT2D eigenvalue weighted by Crippen LogP contribution is 2.24. The van der Waals surface area contributed by atoms with E-state index in [1.807, 2.05) is 0 Å². The monoisotopic (exact) mass is 275 g/mol. The minimum atomic E-state index is -0.337. The third kappa shape index (κ3) is 2.34. The van der Waals surface area contributed by atoms with Gasteiger partial charge in [0.05, 0.1) is 23.3 Å². The van der Waals surface area contributed by atoms with E-state index in [1.165, 1.54) is 4.90 Å². The summed E-state index contributed by atoms with van der Waals surface area (Å²) in [5.74, 6) is -0.469. The normalized spacial score (nSPS) is 25.9. The lowest BCUT2D eigenvalue weighted by molar-refractivity contribution is -0.0476. The lowest BCUT2D eigenvalue weighted by atomic mass is 10.0. The average molecular weight is 275 g/mol. The molecule has 1 aromatic carbocycles. The summed E-state index contributed by atoms with van der Waals surface area (Å²) in [6, 6.07) is 6.87. The summed E-state index contributed by atoms with van der Waals surface area (Å²) >= 11 is 0. The molecule has 0 radical (unpaired) electrons. The van der Waals surface area contributed by atoms with Gasteiger partial charge in [0.15, 0.2) is 0 Å². The van der Waals surface area contributed by atoms with Crippen LogP contribution in [0.2, 0.25) is 0 Å². The lowest BCUT2D eigenvalue weighted by Crippen LogP contribution is -2.36. The van der Waals surface area contributed by atoms with Crippen molar-refractivity contribution in [2.24, 2.45) is 0 Å². The number of carbonyl (C=O) groups is 2. The number of hydrogen-bond donors (Lipinski definition) is 1. The Hall–Kier alpha value is -1.72. The molecule has 1 saturated heterocycles. The second kappa shape index (κ2) is 5.34. The SMILES string of the molecule is O=C1c2ccccc2C(=O)N1CC[C@@H]1C[C@@H](O)CCO1. The van der Waals surface area contributed by atoms with Gasteiger partial charge in [-0.2, -0.15) is 0 Å². The van der Waals surface area contributed by atoms with Gasteiger partial charge < -0.3 is 9.84 Å². The Morgan fingerprint density at radius 2 is 1.85 bits per heavy atom. The van der Waals surface area contributed by atoms with Crippen LogP contribution in [-0.4, -0.2) is 47.2 Å². The summed E-state index contributed by atoms with van der Waals surface area (Å²) in [6.45, 7) is 0.873. The Balaban J connectivity index is 1.65. The van der Waals surface area contributed by atoms with Crippen LogP contribution in [-0.2, 0) is 4.74 Å². The Bertz CT molecular complexity index is 507. The molecule has 0 spiro atoms. The summed E-state index contributed by atoms with van der Waals surface area (Å²) < 4.78 is 5.55. The standard InChI is InChI=1S/C15H17NO4/c17-10-6-8-20-11(9-10)5-7-16-14(18)12-3-1-2-4-13(12)15(16)19/h1-4,10-11,17H,5-9H2/t10-,11+/m0/s1.